The zero-order chi connectivity index (χ0) is 24.8. The highest BCUT2D eigenvalue weighted by atomic mass is 16.5. The summed E-state index contributed by atoms with van der Waals surface area (Å²) in [6.07, 6.45) is 1.27. The van der Waals surface area contributed by atoms with Gasteiger partial charge in [-0.1, -0.05) is 48.5 Å². The Bertz CT molecular complexity index is 1030. The Balaban J connectivity index is 1.14. The molecule has 1 aliphatic heterocycles. The number of carbonyl (C=O) groups excluding carboxylic acids is 2. The average Bonchev–Trinajstić information content (AvgIpc) is 3.45. The SMILES string of the molecule is CC(CCCC(=O)NCC1CC(C(=O)O)CO1)NC(=O)OCC1c2ccccc2-c2ccccc21. The van der Waals surface area contributed by atoms with E-state index in [0.717, 1.165) is 0 Å². The first-order chi connectivity index (χ1) is 16.9. The zero-order valence-corrected chi connectivity index (χ0v) is 19.9. The second kappa shape index (κ2) is 11.4. The summed E-state index contributed by atoms with van der Waals surface area (Å²) in [4.78, 5) is 35.4. The highest BCUT2D eigenvalue weighted by molar-refractivity contribution is 5.79. The van der Waals surface area contributed by atoms with E-state index >= 15 is 0 Å². The lowest BCUT2D eigenvalue weighted by Gasteiger charge is -2.17. The number of ether oxygens (including phenoxy) is 2. The first-order valence-corrected chi connectivity index (χ1v) is 12.1. The number of hydrogen-bond donors (Lipinski definition) is 3. The van der Waals surface area contributed by atoms with Crippen molar-refractivity contribution >= 4 is 18.0 Å². The Morgan fingerprint density at radius 1 is 1.09 bits per heavy atom. The van der Waals surface area contributed by atoms with Crippen LogP contribution >= 0.6 is 0 Å². The second-order valence-corrected chi connectivity index (χ2v) is 9.29. The molecule has 1 heterocycles. The van der Waals surface area contributed by atoms with Crippen LogP contribution in [-0.2, 0) is 19.1 Å². The van der Waals surface area contributed by atoms with Gasteiger partial charge in [-0.3, -0.25) is 9.59 Å². The molecule has 1 saturated heterocycles. The van der Waals surface area contributed by atoms with Gasteiger partial charge in [0.15, 0.2) is 0 Å². The third kappa shape index (κ3) is 6.19. The molecular weight excluding hydrogens is 448 g/mol. The van der Waals surface area contributed by atoms with E-state index in [0.29, 0.717) is 32.2 Å². The Morgan fingerprint density at radius 3 is 2.37 bits per heavy atom. The van der Waals surface area contributed by atoms with Crippen LogP contribution in [0, 0.1) is 5.92 Å². The minimum atomic E-state index is -0.864. The number of carboxylic acid groups (broad SMARTS) is 1. The first-order valence-electron chi connectivity index (χ1n) is 12.1. The number of rotatable bonds is 10. The molecule has 2 aromatic carbocycles. The molecule has 8 nitrogen and oxygen atoms in total. The molecule has 3 unspecified atom stereocenters. The molecule has 8 heteroatoms. The standard InChI is InChI=1S/C27H32N2O6/c1-17(7-6-12-25(30)28-14-19-13-18(15-34-19)26(31)32)29-27(33)35-16-24-22-10-4-2-8-20(22)21-9-3-5-11-23(21)24/h2-5,8-11,17-19,24H,6-7,12-16H2,1H3,(H,28,30)(H,29,33)(H,31,32). The van der Waals surface area contributed by atoms with Crippen molar-refractivity contribution in [1.29, 1.82) is 0 Å². The van der Waals surface area contributed by atoms with Crippen LogP contribution in [0.25, 0.3) is 11.1 Å². The van der Waals surface area contributed by atoms with Crippen molar-refractivity contribution in [3.8, 4) is 11.1 Å². The molecular formula is C27H32N2O6. The Labute approximate surface area is 205 Å². The van der Waals surface area contributed by atoms with Crippen molar-refractivity contribution in [2.24, 2.45) is 5.92 Å². The van der Waals surface area contributed by atoms with Crippen molar-refractivity contribution < 1.29 is 29.0 Å². The van der Waals surface area contributed by atoms with E-state index in [4.69, 9.17) is 14.6 Å². The molecule has 0 aromatic heterocycles. The van der Waals surface area contributed by atoms with Gasteiger partial charge in [-0.05, 0) is 48.4 Å². The minimum Gasteiger partial charge on any atom is -0.481 e. The summed E-state index contributed by atoms with van der Waals surface area (Å²) in [6.45, 7) is 2.66. The van der Waals surface area contributed by atoms with Gasteiger partial charge in [0.2, 0.25) is 5.91 Å². The molecule has 1 aliphatic carbocycles. The number of fused-ring (bicyclic) bond motifs is 3. The summed E-state index contributed by atoms with van der Waals surface area (Å²) in [5.74, 6) is -1.46. The van der Waals surface area contributed by atoms with E-state index in [9.17, 15) is 14.4 Å². The normalized spacial score (nSPS) is 19.5. The monoisotopic (exact) mass is 480 g/mol. The second-order valence-electron chi connectivity index (χ2n) is 9.29. The summed E-state index contributed by atoms with van der Waals surface area (Å²) in [7, 11) is 0. The summed E-state index contributed by atoms with van der Waals surface area (Å²) >= 11 is 0. The van der Waals surface area contributed by atoms with Crippen LogP contribution in [0.5, 0.6) is 0 Å². The van der Waals surface area contributed by atoms with Crippen LogP contribution in [0.1, 0.15) is 49.7 Å². The maximum Gasteiger partial charge on any atom is 0.407 e. The number of benzene rings is 2. The Morgan fingerprint density at radius 2 is 1.74 bits per heavy atom. The number of alkyl carbamates (subject to hydrolysis) is 1. The molecule has 3 atom stereocenters. The van der Waals surface area contributed by atoms with Crippen LogP contribution in [0.2, 0.25) is 0 Å². The van der Waals surface area contributed by atoms with Gasteiger partial charge in [0.05, 0.1) is 18.6 Å². The topological polar surface area (TPSA) is 114 Å². The van der Waals surface area contributed by atoms with E-state index in [2.05, 4.69) is 34.9 Å². The van der Waals surface area contributed by atoms with Crippen molar-refractivity contribution in [2.75, 3.05) is 19.8 Å². The van der Waals surface area contributed by atoms with Crippen molar-refractivity contribution in [3.05, 3.63) is 59.7 Å². The fraction of sp³-hybridized carbons (Fsp3) is 0.444. The first kappa shape index (κ1) is 24.7. The molecule has 0 spiro atoms. The van der Waals surface area contributed by atoms with Crippen LogP contribution < -0.4 is 10.6 Å². The van der Waals surface area contributed by atoms with Crippen molar-refractivity contribution in [1.82, 2.24) is 10.6 Å². The number of nitrogens with one attached hydrogen (secondary N) is 2. The smallest absolute Gasteiger partial charge is 0.407 e. The van der Waals surface area contributed by atoms with Gasteiger partial charge < -0.3 is 25.2 Å². The quantitative estimate of drug-likeness (QED) is 0.478. The Kier molecular flexibility index (Phi) is 8.02. The molecule has 2 aromatic rings. The molecule has 4 rings (SSSR count). The van der Waals surface area contributed by atoms with E-state index in [1.807, 2.05) is 31.2 Å². The lowest BCUT2D eigenvalue weighted by molar-refractivity contribution is -0.141. The van der Waals surface area contributed by atoms with E-state index in [1.165, 1.54) is 22.3 Å². The third-order valence-corrected chi connectivity index (χ3v) is 6.71. The number of hydrogen-bond acceptors (Lipinski definition) is 5. The summed E-state index contributed by atoms with van der Waals surface area (Å²) in [6, 6.07) is 16.3. The maximum atomic E-state index is 12.4. The number of carbonyl (C=O) groups is 3. The van der Waals surface area contributed by atoms with Crippen molar-refractivity contribution in [3.63, 3.8) is 0 Å². The lowest BCUT2D eigenvalue weighted by atomic mass is 9.98. The van der Waals surface area contributed by atoms with Crippen molar-refractivity contribution in [2.45, 2.75) is 50.7 Å². The highest BCUT2D eigenvalue weighted by Gasteiger charge is 2.31. The molecule has 35 heavy (non-hydrogen) atoms. The van der Waals surface area contributed by atoms with Gasteiger partial charge in [0.1, 0.15) is 6.61 Å². The lowest BCUT2D eigenvalue weighted by Crippen LogP contribution is -2.34. The largest absolute Gasteiger partial charge is 0.481 e. The fourth-order valence-electron chi connectivity index (χ4n) is 4.82. The molecule has 1 fully saturated rings. The van der Waals surface area contributed by atoms with E-state index in [1.54, 1.807) is 0 Å². The third-order valence-electron chi connectivity index (χ3n) is 6.71. The van der Waals surface area contributed by atoms with Crippen LogP contribution in [0.3, 0.4) is 0 Å². The fourth-order valence-corrected chi connectivity index (χ4v) is 4.82. The van der Waals surface area contributed by atoms with Gasteiger partial charge in [0.25, 0.3) is 0 Å². The summed E-state index contributed by atoms with van der Waals surface area (Å²) < 4.78 is 11.0. The molecule has 0 saturated carbocycles. The summed E-state index contributed by atoms with van der Waals surface area (Å²) in [5, 5.41) is 14.6. The van der Waals surface area contributed by atoms with Gasteiger partial charge in [-0.15, -0.1) is 0 Å². The minimum absolute atomic E-state index is 0.0155. The van der Waals surface area contributed by atoms with E-state index in [-0.39, 0.29) is 37.2 Å². The zero-order valence-electron chi connectivity index (χ0n) is 19.9. The molecule has 0 bridgehead atoms. The average molecular weight is 481 g/mol. The molecule has 0 radical (unpaired) electrons. The number of carboxylic acids is 1. The molecule has 186 valence electrons. The van der Waals surface area contributed by atoms with Gasteiger partial charge in [-0.25, -0.2) is 4.79 Å². The maximum absolute atomic E-state index is 12.4. The molecule has 3 N–H and O–H groups in total. The van der Waals surface area contributed by atoms with Gasteiger partial charge in [-0.2, -0.15) is 0 Å². The van der Waals surface area contributed by atoms with E-state index < -0.39 is 18.0 Å². The van der Waals surface area contributed by atoms with Gasteiger partial charge >= 0.3 is 12.1 Å². The number of aliphatic carboxylic acids is 1. The number of amides is 2. The predicted molar refractivity (Wildman–Crippen MR) is 130 cm³/mol. The van der Waals surface area contributed by atoms with Crippen LogP contribution in [-0.4, -0.2) is 55.0 Å². The molecule has 2 amide bonds. The van der Waals surface area contributed by atoms with Gasteiger partial charge in [0, 0.05) is 24.9 Å². The van der Waals surface area contributed by atoms with Crippen LogP contribution in [0.15, 0.2) is 48.5 Å². The highest BCUT2D eigenvalue weighted by Crippen LogP contribution is 2.44. The molecule has 2 aliphatic rings. The predicted octanol–water partition coefficient (Wildman–Crippen LogP) is 3.69. The Hall–Kier alpha value is -3.39. The van der Waals surface area contributed by atoms with Crippen LogP contribution in [0.4, 0.5) is 4.79 Å². The summed E-state index contributed by atoms with van der Waals surface area (Å²) in [5.41, 5.74) is 4.71.